The monoisotopic (exact) mass is 296 g/mol. The zero-order valence-electron chi connectivity index (χ0n) is 9.62. The van der Waals surface area contributed by atoms with Gasteiger partial charge in [-0.2, -0.15) is 12.6 Å². The minimum Gasteiger partial charge on any atom is -0.163 e. The smallest absolute Gasteiger partial charge is 0.0702 e. The molecule has 0 aromatic heterocycles. The van der Waals surface area contributed by atoms with E-state index >= 15 is 0 Å². The van der Waals surface area contributed by atoms with Crippen molar-refractivity contribution in [3.8, 4) is 0 Å². The number of thiol groups is 1. The molecule has 0 aliphatic carbocycles. The largest absolute Gasteiger partial charge is 0.163 e. The Balaban J connectivity index is 2.59. The average Bonchev–Trinajstić information content (AvgIpc) is 2.77. The highest BCUT2D eigenvalue weighted by molar-refractivity contribution is 9.11. The first-order chi connectivity index (χ1) is 6.30. The van der Waals surface area contributed by atoms with Gasteiger partial charge < -0.3 is 0 Å². The summed E-state index contributed by atoms with van der Waals surface area (Å²) in [5.74, 6) is 2.33. The molecule has 0 saturated carbocycles. The summed E-state index contributed by atoms with van der Waals surface area (Å²) in [4.78, 5) is 0. The fraction of sp³-hybridized carbons (Fsp3) is 1.00. The van der Waals surface area contributed by atoms with E-state index in [-0.39, 0.29) is 0 Å². The van der Waals surface area contributed by atoms with Crippen molar-refractivity contribution in [2.45, 2.75) is 48.8 Å². The molecule has 0 aromatic carbocycles. The van der Waals surface area contributed by atoms with Crippen LogP contribution in [0.15, 0.2) is 0 Å². The van der Waals surface area contributed by atoms with E-state index in [9.17, 15) is 0 Å². The van der Waals surface area contributed by atoms with E-state index in [0.717, 1.165) is 17.8 Å². The van der Waals surface area contributed by atoms with Gasteiger partial charge in [-0.3, -0.25) is 0 Å². The second-order valence-electron chi connectivity index (χ2n) is 4.99. The number of hydrogen-bond acceptors (Lipinski definition) is 2. The Morgan fingerprint density at radius 3 is 2.07 bits per heavy atom. The highest BCUT2D eigenvalue weighted by Gasteiger charge is 2.58. The van der Waals surface area contributed by atoms with Crippen LogP contribution in [0.2, 0.25) is 0 Å². The molecule has 5 atom stereocenters. The first-order valence-electron chi connectivity index (χ1n) is 5.30. The summed E-state index contributed by atoms with van der Waals surface area (Å²) in [6.07, 6.45) is 0. The number of rotatable bonds is 4. The van der Waals surface area contributed by atoms with Gasteiger partial charge >= 0.3 is 0 Å². The third-order valence-corrected chi connectivity index (χ3v) is 7.16. The van der Waals surface area contributed by atoms with Crippen molar-refractivity contribution in [2.24, 2.45) is 17.8 Å². The predicted molar refractivity (Wildman–Crippen MR) is 74.7 cm³/mol. The van der Waals surface area contributed by atoms with Crippen molar-refractivity contribution in [2.75, 3.05) is 0 Å². The molecule has 3 heteroatoms. The lowest BCUT2D eigenvalue weighted by Gasteiger charge is -2.29. The standard InChI is InChI=1S/C11H21BrS2/c1-6(2)7(3)8(4)11(5)9(14-11)10(12)13/h6-10,13H,1-5H3/t7-,8+,9+,10?,11+/m1/s1. The van der Waals surface area contributed by atoms with Gasteiger partial charge in [-0.05, 0) is 24.7 Å². The van der Waals surface area contributed by atoms with Crippen LogP contribution in [0.3, 0.4) is 0 Å². The van der Waals surface area contributed by atoms with Crippen LogP contribution in [0.25, 0.3) is 0 Å². The molecule has 1 fully saturated rings. The molecule has 0 amide bonds. The van der Waals surface area contributed by atoms with Gasteiger partial charge in [0, 0.05) is 10.00 Å². The van der Waals surface area contributed by atoms with Crippen molar-refractivity contribution in [1.29, 1.82) is 0 Å². The second-order valence-corrected chi connectivity index (χ2v) is 8.86. The minimum absolute atomic E-state index is 0.347. The summed E-state index contributed by atoms with van der Waals surface area (Å²) >= 11 is 10.1. The van der Waals surface area contributed by atoms with Gasteiger partial charge in [-0.15, -0.1) is 11.8 Å². The van der Waals surface area contributed by atoms with E-state index in [1.165, 1.54) is 0 Å². The normalized spacial score (nSPS) is 38.1. The van der Waals surface area contributed by atoms with E-state index in [0.29, 0.717) is 14.2 Å². The zero-order chi connectivity index (χ0) is 11.1. The Labute approximate surface area is 107 Å². The molecule has 1 heterocycles. The molecule has 1 aliphatic heterocycles. The van der Waals surface area contributed by atoms with Gasteiger partial charge in [0.1, 0.15) is 0 Å². The van der Waals surface area contributed by atoms with Crippen LogP contribution >= 0.6 is 40.3 Å². The number of halogens is 1. The topological polar surface area (TPSA) is 0 Å². The first kappa shape index (κ1) is 13.2. The Kier molecular flexibility index (Phi) is 4.34. The summed E-state index contributed by atoms with van der Waals surface area (Å²) in [7, 11) is 0. The quantitative estimate of drug-likeness (QED) is 0.455. The maximum absolute atomic E-state index is 4.48. The van der Waals surface area contributed by atoms with Crippen LogP contribution in [0.1, 0.15) is 34.6 Å². The van der Waals surface area contributed by atoms with Crippen molar-refractivity contribution in [1.82, 2.24) is 0 Å². The molecule has 14 heavy (non-hydrogen) atoms. The molecular weight excluding hydrogens is 276 g/mol. The molecule has 1 saturated heterocycles. The zero-order valence-corrected chi connectivity index (χ0v) is 12.9. The minimum atomic E-state index is 0.347. The molecule has 84 valence electrons. The van der Waals surface area contributed by atoms with Crippen LogP contribution in [-0.4, -0.2) is 14.2 Å². The van der Waals surface area contributed by atoms with Crippen LogP contribution in [0.5, 0.6) is 0 Å². The van der Waals surface area contributed by atoms with Crippen molar-refractivity contribution >= 4 is 40.3 Å². The SMILES string of the molecule is CC(C)[C@@H](C)[C@H](C)[C@]1(C)S[C@H]1C(S)Br. The van der Waals surface area contributed by atoms with Crippen molar-refractivity contribution < 1.29 is 0 Å². The summed E-state index contributed by atoms with van der Waals surface area (Å²) in [6, 6.07) is 0. The maximum atomic E-state index is 4.48. The highest BCUT2D eigenvalue weighted by Crippen LogP contribution is 2.63. The Morgan fingerprint density at radius 2 is 1.79 bits per heavy atom. The summed E-state index contributed by atoms with van der Waals surface area (Å²) in [5.41, 5.74) is 0. The third kappa shape index (κ3) is 2.46. The Hall–Kier alpha value is 1.18. The van der Waals surface area contributed by atoms with Crippen molar-refractivity contribution in [3.05, 3.63) is 0 Å². The van der Waals surface area contributed by atoms with Crippen LogP contribution in [0.4, 0.5) is 0 Å². The lowest BCUT2D eigenvalue weighted by molar-refractivity contribution is 0.261. The molecule has 0 nitrogen and oxygen atoms in total. The van der Waals surface area contributed by atoms with Crippen LogP contribution < -0.4 is 0 Å². The van der Waals surface area contributed by atoms with Gasteiger partial charge in [0.05, 0.1) is 4.16 Å². The van der Waals surface area contributed by atoms with Crippen LogP contribution in [-0.2, 0) is 0 Å². The van der Waals surface area contributed by atoms with E-state index in [1.807, 2.05) is 0 Å². The fourth-order valence-corrected chi connectivity index (χ4v) is 5.05. The van der Waals surface area contributed by atoms with E-state index in [1.54, 1.807) is 0 Å². The van der Waals surface area contributed by atoms with Gasteiger partial charge in [0.15, 0.2) is 0 Å². The Morgan fingerprint density at radius 1 is 1.29 bits per heavy atom. The highest BCUT2D eigenvalue weighted by atomic mass is 79.9. The number of hydrogen-bond donors (Lipinski definition) is 1. The van der Waals surface area contributed by atoms with E-state index in [4.69, 9.17) is 0 Å². The molecule has 1 aliphatic rings. The van der Waals surface area contributed by atoms with Gasteiger partial charge in [0.2, 0.25) is 0 Å². The van der Waals surface area contributed by atoms with E-state index in [2.05, 4.69) is 74.9 Å². The first-order valence-corrected chi connectivity index (χ1v) is 7.61. The van der Waals surface area contributed by atoms with Gasteiger partial charge in [-0.1, -0.05) is 43.6 Å². The molecule has 0 radical (unpaired) electrons. The Bertz CT molecular complexity index is 205. The molecule has 0 spiro atoms. The molecule has 1 unspecified atom stereocenters. The molecule has 0 bridgehead atoms. The fourth-order valence-electron chi connectivity index (χ4n) is 2.03. The molecule has 1 rings (SSSR count). The van der Waals surface area contributed by atoms with Gasteiger partial charge in [0.25, 0.3) is 0 Å². The summed E-state index contributed by atoms with van der Waals surface area (Å²) in [5, 5.41) is 0.682. The maximum Gasteiger partial charge on any atom is 0.0702 e. The molecule has 0 N–H and O–H groups in total. The summed E-state index contributed by atoms with van der Waals surface area (Å²) < 4.78 is 0.791. The number of alkyl halides is 1. The lowest BCUT2D eigenvalue weighted by atomic mass is 9.78. The van der Waals surface area contributed by atoms with Crippen molar-refractivity contribution in [3.63, 3.8) is 0 Å². The second kappa shape index (κ2) is 4.58. The molecule has 0 aromatic rings. The van der Waals surface area contributed by atoms with E-state index < -0.39 is 0 Å². The average molecular weight is 297 g/mol. The van der Waals surface area contributed by atoms with Crippen LogP contribution in [0, 0.1) is 17.8 Å². The summed E-state index contributed by atoms with van der Waals surface area (Å²) in [6.45, 7) is 11.8. The lowest BCUT2D eigenvalue weighted by Crippen LogP contribution is -2.30. The van der Waals surface area contributed by atoms with Gasteiger partial charge in [-0.25, -0.2) is 0 Å². The number of thioether (sulfide) groups is 1. The third-order valence-electron chi connectivity index (χ3n) is 3.88. The predicted octanol–water partition coefficient (Wildman–Crippen LogP) is 4.44. The molecular formula is C11H21BrS2.